The summed E-state index contributed by atoms with van der Waals surface area (Å²) in [5, 5.41) is 12.2. The first-order valence-corrected chi connectivity index (χ1v) is 9.56. The third-order valence-corrected chi connectivity index (χ3v) is 5.46. The number of fused-ring (bicyclic) bond motifs is 2. The highest BCUT2D eigenvalue weighted by Crippen LogP contribution is 2.39. The fourth-order valence-corrected chi connectivity index (χ4v) is 3.68. The molecule has 0 aliphatic heterocycles. The molecule has 2 bridgehead atoms. The van der Waals surface area contributed by atoms with Crippen LogP contribution in [-0.4, -0.2) is 11.0 Å². The van der Waals surface area contributed by atoms with Gasteiger partial charge in [0.2, 0.25) is 5.91 Å². The van der Waals surface area contributed by atoms with E-state index in [0.717, 1.165) is 12.8 Å². The Morgan fingerprint density at radius 3 is 2.19 bits per heavy atom. The smallest absolute Gasteiger partial charge is 0.224 e. The quantitative estimate of drug-likeness (QED) is 0.652. The summed E-state index contributed by atoms with van der Waals surface area (Å²) in [6.07, 6.45) is 6.50. The molecule has 0 unspecified atom stereocenters. The number of rotatable bonds is 3. The van der Waals surface area contributed by atoms with Crippen LogP contribution in [0, 0.1) is 11.3 Å². The number of hydrogen-bond donors (Lipinski definition) is 2. The monoisotopic (exact) mass is 351 g/mol. The molecule has 0 radical (unpaired) electrons. The van der Waals surface area contributed by atoms with Gasteiger partial charge in [-0.15, -0.1) is 0 Å². The van der Waals surface area contributed by atoms with Crippen LogP contribution in [0.3, 0.4) is 0 Å². The van der Waals surface area contributed by atoms with E-state index in [1.54, 1.807) is 24.3 Å². The van der Waals surface area contributed by atoms with E-state index in [9.17, 15) is 9.90 Å². The van der Waals surface area contributed by atoms with E-state index >= 15 is 0 Å². The van der Waals surface area contributed by atoms with Gasteiger partial charge in [0, 0.05) is 18.2 Å². The van der Waals surface area contributed by atoms with Crippen molar-refractivity contribution in [3.63, 3.8) is 0 Å². The number of carbonyl (C=O) groups is 1. The minimum Gasteiger partial charge on any atom is -0.508 e. The topological polar surface area (TPSA) is 49.3 Å². The molecule has 1 amide bonds. The first kappa shape index (κ1) is 18.5. The second-order valence-electron chi connectivity index (χ2n) is 8.41. The molecule has 2 aromatic carbocycles. The van der Waals surface area contributed by atoms with Gasteiger partial charge < -0.3 is 10.4 Å². The Balaban J connectivity index is 0.000000229. The molecule has 26 heavy (non-hydrogen) atoms. The molecule has 3 aliphatic carbocycles. The van der Waals surface area contributed by atoms with Crippen LogP contribution in [0.2, 0.25) is 0 Å². The second kappa shape index (κ2) is 7.94. The van der Waals surface area contributed by atoms with Gasteiger partial charge in [0.05, 0.1) is 0 Å². The summed E-state index contributed by atoms with van der Waals surface area (Å²) in [7, 11) is 0. The summed E-state index contributed by atoms with van der Waals surface area (Å²) < 4.78 is 0. The maximum absolute atomic E-state index is 12.0. The highest BCUT2D eigenvalue weighted by Gasteiger charge is 2.27. The van der Waals surface area contributed by atoms with Gasteiger partial charge in [0.1, 0.15) is 5.75 Å². The fraction of sp³-hybridized carbons (Fsp3) is 0.435. The lowest BCUT2D eigenvalue weighted by atomic mass is 9.72. The first-order chi connectivity index (χ1) is 12.4. The number of anilines is 1. The minimum absolute atomic E-state index is 0.0512. The molecule has 0 heterocycles. The third kappa shape index (κ3) is 5.35. The Hall–Kier alpha value is -2.29. The molecule has 0 saturated heterocycles. The van der Waals surface area contributed by atoms with Gasteiger partial charge in [-0.1, -0.05) is 44.2 Å². The van der Waals surface area contributed by atoms with E-state index in [4.69, 9.17) is 0 Å². The summed E-state index contributed by atoms with van der Waals surface area (Å²) >= 11 is 0. The predicted octanol–water partition coefficient (Wildman–Crippen LogP) is 5.53. The summed E-state index contributed by atoms with van der Waals surface area (Å²) in [6.45, 7) is 4.60. The summed E-state index contributed by atoms with van der Waals surface area (Å²) in [6, 6.07) is 15.3. The van der Waals surface area contributed by atoms with Crippen LogP contribution < -0.4 is 5.32 Å². The molecule has 0 spiro atoms. The Kier molecular flexibility index (Phi) is 5.65. The van der Waals surface area contributed by atoms with E-state index in [1.807, 2.05) is 0 Å². The highest BCUT2D eigenvalue weighted by molar-refractivity contribution is 5.91. The van der Waals surface area contributed by atoms with Gasteiger partial charge in [0.15, 0.2) is 0 Å². The maximum atomic E-state index is 12.0. The normalized spacial score (nSPS) is 17.5. The van der Waals surface area contributed by atoms with Gasteiger partial charge in [-0.05, 0) is 66.7 Å². The molecule has 2 aromatic rings. The first-order valence-electron chi connectivity index (χ1n) is 9.56. The van der Waals surface area contributed by atoms with E-state index in [1.165, 1.54) is 30.4 Å². The van der Waals surface area contributed by atoms with Crippen LogP contribution in [-0.2, 0) is 11.2 Å². The Bertz CT molecular complexity index is 732. The van der Waals surface area contributed by atoms with Gasteiger partial charge in [0.25, 0.3) is 0 Å². The molecular formula is C23H29NO2. The number of aromatic hydroxyl groups is 1. The molecular weight excluding hydrogens is 322 g/mol. The Morgan fingerprint density at radius 2 is 1.69 bits per heavy atom. The number of carbonyl (C=O) groups excluding carboxylic acids is 1. The average Bonchev–Trinajstić information content (AvgIpc) is 2.57. The van der Waals surface area contributed by atoms with Crippen LogP contribution >= 0.6 is 0 Å². The molecule has 1 saturated carbocycles. The van der Waals surface area contributed by atoms with Crippen LogP contribution in [0.4, 0.5) is 5.69 Å². The number of benzene rings is 2. The van der Waals surface area contributed by atoms with Crippen molar-refractivity contribution < 1.29 is 9.90 Å². The summed E-state index contributed by atoms with van der Waals surface area (Å²) in [5.41, 5.74) is 4.08. The van der Waals surface area contributed by atoms with Crippen molar-refractivity contribution in [2.24, 2.45) is 11.3 Å². The average molecular weight is 351 g/mol. The minimum atomic E-state index is 0.0512. The zero-order valence-corrected chi connectivity index (χ0v) is 15.8. The third-order valence-electron chi connectivity index (χ3n) is 5.46. The van der Waals surface area contributed by atoms with Crippen molar-refractivity contribution in [3.05, 3.63) is 59.7 Å². The van der Waals surface area contributed by atoms with Crippen molar-refractivity contribution >= 4 is 11.6 Å². The second-order valence-corrected chi connectivity index (χ2v) is 8.41. The zero-order valence-electron chi connectivity index (χ0n) is 15.8. The SMILES string of the molecule is CC1(C)CCC(CC(=O)Nc2cccc(O)c2)CC1.c1cc2cc(c1)C2. The Labute approximate surface area is 156 Å². The van der Waals surface area contributed by atoms with Crippen molar-refractivity contribution in [1.29, 1.82) is 0 Å². The van der Waals surface area contributed by atoms with Crippen molar-refractivity contribution in [3.8, 4) is 5.75 Å². The molecule has 0 aromatic heterocycles. The number of hydrogen-bond acceptors (Lipinski definition) is 2. The van der Waals surface area contributed by atoms with Crippen LogP contribution in [0.15, 0.2) is 48.5 Å². The van der Waals surface area contributed by atoms with Crippen molar-refractivity contribution in [1.82, 2.24) is 0 Å². The van der Waals surface area contributed by atoms with Gasteiger partial charge >= 0.3 is 0 Å². The molecule has 0 atom stereocenters. The Morgan fingerprint density at radius 1 is 1.08 bits per heavy atom. The number of phenols is 1. The predicted molar refractivity (Wildman–Crippen MR) is 106 cm³/mol. The highest BCUT2D eigenvalue weighted by atomic mass is 16.3. The molecule has 2 N–H and O–H groups in total. The van der Waals surface area contributed by atoms with Gasteiger partial charge in [-0.3, -0.25) is 4.79 Å². The van der Waals surface area contributed by atoms with Crippen molar-refractivity contribution in [2.75, 3.05) is 5.32 Å². The lowest BCUT2D eigenvalue weighted by molar-refractivity contribution is -0.117. The van der Waals surface area contributed by atoms with Crippen LogP contribution in [0.25, 0.3) is 0 Å². The summed E-state index contributed by atoms with van der Waals surface area (Å²) in [4.78, 5) is 12.0. The zero-order chi connectivity index (χ0) is 18.6. The largest absolute Gasteiger partial charge is 0.508 e. The molecule has 3 nitrogen and oxygen atoms in total. The van der Waals surface area contributed by atoms with Gasteiger partial charge in [-0.25, -0.2) is 0 Å². The number of amides is 1. The van der Waals surface area contributed by atoms with E-state index in [0.29, 0.717) is 23.4 Å². The molecule has 138 valence electrons. The fourth-order valence-electron chi connectivity index (χ4n) is 3.68. The van der Waals surface area contributed by atoms with Gasteiger partial charge in [-0.2, -0.15) is 0 Å². The van der Waals surface area contributed by atoms with E-state index < -0.39 is 0 Å². The summed E-state index contributed by atoms with van der Waals surface area (Å²) in [5.74, 6) is 0.734. The van der Waals surface area contributed by atoms with Crippen molar-refractivity contribution in [2.45, 2.75) is 52.4 Å². The lowest BCUT2D eigenvalue weighted by Gasteiger charge is -2.34. The number of phenolic OH excluding ortho intramolecular Hbond substituents is 1. The maximum Gasteiger partial charge on any atom is 0.224 e. The molecule has 1 fully saturated rings. The van der Waals surface area contributed by atoms with E-state index in [2.05, 4.69) is 43.4 Å². The molecule has 3 heteroatoms. The molecule has 3 aliphatic rings. The van der Waals surface area contributed by atoms with E-state index in [-0.39, 0.29) is 11.7 Å². The van der Waals surface area contributed by atoms with Crippen LogP contribution in [0.5, 0.6) is 5.75 Å². The molecule has 5 rings (SSSR count). The number of nitrogens with one attached hydrogen (secondary N) is 1. The standard InChI is InChI=1S/C16H23NO2.C7H6/c1-16(2)8-6-12(7-9-16)10-15(19)17-13-4-3-5-14(18)11-13;1-2-6-4-7(3-1)5-6/h3-5,11-12,18H,6-10H2,1-2H3,(H,17,19);1-4H,5H2. The lowest BCUT2D eigenvalue weighted by Crippen LogP contribution is -2.24. The van der Waals surface area contributed by atoms with Crippen LogP contribution in [0.1, 0.15) is 57.1 Å².